The van der Waals surface area contributed by atoms with E-state index < -0.39 is 5.41 Å². The number of amides is 2. The van der Waals surface area contributed by atoms with Gasteiger partial charge < -0.3 is 15.2 Å². The van der Waals surface area contributed by atoms with Crippen LogP contribution in [0.1, 0.15) is 36.7 Å². The Balaban J connectivity index is 1.54. The number of fused-ring (bicyclic) bond motifs is 1. The lowest BCUT2D eigenvalue weighted by Crippen LogP contribution is -2.34. The molecular formula is C27H26Cl2N4O2. The molecule has 0 fully saturated rings. The van der Waals surface area contributed by atoms with Gasteiger partial charge in [-0.3, -0.25) is 9.59 Å². The SMILES string of the molecule is Cn1c(-c2ccc(Cl)cc2)nc2cc(NC(=O)c3cc(CNC(=O)C(C)(C)C)ccc3Cl)ccc21. The number of hydrogen-bond acceptors (Lipinski definition) is 3. The number of carbonyl (C=O) groups excluding carboxylic acids is 2. The van der Waals surface area contributed by atoms with Crippen LogP contribution in [0.25, 0.3) is 22.4 Å². The Bertz CT molecular complexity index is 1420. The third-order valence-corrected chi connectivity index (χ3v) is 6.23. The predicted octanol–water partition coefficient (Wildman–Crippen LogP) is 6.46. The molecule has 4 aromatic rings. The van der Waals surface area contributed by atoms with Crippen LogP contribution in [0.4, 0.5) is 5.69 Å². The molecule has 0 saturated carbocycles. The lowest BCUT2D eigenvalue weighted by molar-refractivity contribution is -0.128. The van der Waals surface area contributed by atoms with Gasteiger partial charge in [-0.1, -0.05) is 50.0 Å². The first kappa shape index (κ1) is 24.8. The number of anilines is 1. The van der Waals surface area contributed by atoms with Gasteiger partial charge >= 0.3 is 0 Å². The fraction of sp³-hybridized carbons (Fsp3) is 0.222. The van der Waals surface area contributed by atoms with Gasteiger partial charge in [0.1, 0.15) is 5.82 Å². The molecule has 0 aliphatic carbocycles. The van der Waals surface area contributed by atoms with Crippen molar-refractivity contribution in [2.45, 2.75) is 27.3 Å². The number of halogens is 2. The molecule has 0 atom stereocenters. The Morgan fingerprint density at radius 3 is 2.37 bits per heavy atom. The number of imidazole rings is 1. The second-order valence-corrected chi connectivity index (χ2v) is 10.2. The topological polar surface area (TPSA) is 76.0 Å². The minimum Gasteiger partial charge on any atom is -0.352 e. The highest BCUT2D eigenvalue weighted by Crippen LogP contribution is 2.27. The second kappa shape index (κ2) is 9.72. The molecule has 1 aromatic heterocycles. The normalized spacial score (nSPS) is 11.5. The molecule has 0 aliphatic heterocycles. The minimum atomic E-state index is -0.496. The predicted molar refractivity (Wildman–Crippen MR) is 142 cm³/mol. The van der Waals surface area contributed by atoms with E-state index in [1.807, 2.05) is 74.9 Å². The van der Waals surface area contributed by atoms with Crippen molar-refractivity contribution in [1.29, 1.82) is 0 Å². The first-order chi connectivity index (χ1) is 16.5. The van der Waals surface area contributed by atoms with Gasteiger partial charge in [-0.05, 0) is 60.2 Å². The van der Waals surface area contributed by atoms with Crippen molar-refractivity contribution in [2.75, 3.05) is 5.32 Å². The number of hydrogen-bond donors (Lipinski definition) is 2. The molecule has 0 radical (unpaired) electrons. The lowest BCUT2D eigenvalue weighted by atomic mass is 9.95. The van der Waals surface area contributed by atoms with E-state index in [2.05, 4.69) is 10.6 Å². The average molecular weight is 509 g/mol. The van der Waals surface area contributed by atoms with Crippen molar-refractivity contribution >= 4 is 51.7 Å². The van der Waals surface area contributed by atoms with Crippen molar-refractivity contribution in [1.82, 2.24) is 14.9 Å². The molecule has 0 spiro atoms. The molecule has 0 unspecified atom stereocenters. The Morgan fingerprint density at radius 2 is 1.69 bits per heavy atom. The zero-order valence-corrected chi connectivity index (χ0v) is 21.5. The molecule has 8 heteroatoms. The summed E-state index contributed by atoms with van der Waals surface area (Å²) in [5, 5.41) is 6.79. The van der Waals surface area contributed by atoms with E-state index in [-0.39, 0.29) is 11.8 Å². The average Bonchev–Trinajstić information content (AvgIpc) is 3.13. The summed E-state index contributed by atoms with van der Waals surface area (Å²) in [4.78, 5) is 29.9. The van der Waals surface area contributed by atoms with Gasteiger partial charge in [0.2, 0.25) is 5.91 Å². The summed E-state index contributed by atoms with van der Waals surface area (Å²) < 4.78 is 2.00. The van der Waals surface area contributed by atoms with Gasteiger partial charge in [0.15, 0.2) is 0 Å². The first-order valence-corrected chi connectivity index (χ1v) is 11.9. The third kappa shape index (κ3) is 5.50. The van der Waals surface area contributed by atoms with Crippen molar-refractivity contribution in [2.24, 2.45) is 12.5 Å². The number of carbonyl (C=O) groups is 2. The number of nitrogens with zero attached hydrogens (tertiary/aromatic N) is 2. The molecule has 0 saturated heterocycles. The molecule has 0 bridgehead atoms. The highest BCUT2D eigenvalue weighted by Gasteiger charge is 2.21. The van der Waals surface area contributed by atoms with Crippen LogP contribution in [-0.2, 0) is 18.4 Å². The molecule has 3 aromatic carbocycles. The minimum absolute atomic E-state index is 0.0694. The molecule has 1 heterocycles. The zero-order valence-electron chi connectivity index (χ0n) is 19.9. The Labute approximate surface area is 214 Å². The van der Waals surface area contributed by atoms with E-state index in [9.17, 15) is 9.59 Å². The third-order valence-electron chi connectivity index (χ3n) is 5.65. The monoisotopic (exact) mass is 508 g/mol. The Hall–Kier alpha value is -3.35. The van der Waals surface area contributed by atoms with Gasteiger partial charge in [-0.2, -0.15) is 0 Å². The number of aromatic nitrogens is 2. The molecule has 35 heavy (non-hydrogen) atoms. The van der Waals surface area contributed by atoms with E-state index in [4.69, 9.17) is 28.2 Å². The highest BCUT2D eigenvalue weighted by atomic mass is 35.5. The van der Waals surface area contributed by atoms with Crippen LogP contribution in [0.5, 0.6) is 0 Å². The summed E-state index contributed by atoms with van der Waals surface area (Å²) in [6.45, 7) is 5.85. The van der Waals surface area contributed by atoms with Crippen LogP contribution in [0.3, 0.4) is 0 Å². The van der Waals surface area contributed by atoms with E-state index in [1.165, 1.54) is 0 Å². The van der Waals surface area contributed by atoms with Crippen molar-refractivity contribution < 1.29 is 9.59 Å². The summed E-state index contributed by atoms with van der Waals surface area (Å²) >= 11 is 12.3. The molecule has 2 N–H and O–H groups in total. The van der Waals surface area contributed by atoms with Crippen molar-refractivity contribution in [3.63, 3.8) is 0 Å². The maximum Gasteiger partial charge on any atom is 0.257 e. The molecule has 180 valence electrons. The number of aryl methyl sites for hydroxylation is 1. The van der Waals surface area contributed by atoms with Gasteiger partial charge in [0.25, 0.3) is 5.91 Å². The van der Waals surface area contributed by atoms with Crippen LogP contribution in [0.2, 0.25) is 10.0 Å². The maximum absolute atomic E-state index is 13.0. The Kier molecular flexibility index (Phi) is 6.88. The standard InChI is InChI=1S/C27H26Cl2N4O2/c1-27(2,3)26(35)30-15-16-5-11-21(29)20(13-16)25(34)31-19-10-12-23-22(14-19)32-24(33(23)4)17-6-8-18(28)9-7-17/h5-14H,15H2,1-4H3,(H,30,35)(H,31,34). The van der Waals surface area contributed by atoms with E-state index in [0.29, 0.717) is 27.8 Å². The zero-order chi connectivity index (χ0) is 25.3. The van der Waals surface area contributed by atoms with Crippen LogP contribution in [0, 0.1) is 5.41 Å². The summed E-state index contributed by atoms with van der Waals surface area (Å²) in [6.07, 6.45) is 0. The molecule has 4 rings (SSSR count). The second-order valence-electron chi connectivity index (χ2n) is 9.41. The molecule has 6 nitrogen and oxygen atoms in total. The highest BCUT2D eigenvalue weighted by molar-refractivity contribution is 6.34. The summed E-state index contributed by atoms with van der Waals surface area (Å²) in [5.74, 6) is 0.389. The van der Waals surface area contributed by atoms with Gasteiger partial charge in [-0.25, -0.2) is 4.98 Å². The number of rotatable bonds is 5. The first-order valence-electron chi connectivity index (χ1n) is 11.1. The maximum atomic E-state index is 13.0. The quantitative estimate of drug-likeness (QED) is 0.324. The van der Waals surface area contributed by atoms with Crippen LogP contribution >= 0.6 is 23.2 Å². The van der Waals surface area contributed by atoms with E-state index in [1.54, 1.807) is 18.2 Å². The Morgan fingerprint density at radius 1 is 0.971 bits per heavy atom. The largest absolute Gasteiger partial charge is 0.352 e. The summed E-state index contributed by atoms with van der Waals surface area (Å²) in [5.41, 5.74) is 3.85. The van der Waals surface area contributed by atoms with E-state index >= 15 is 0 Å². The van der Waals surface area contributed by atoms with Gasteiger partial charge in [0.05, 0.1) is 21.6 Å². The van der Waals surface area contributed by atoms with Crippen LogP contribution < -0.4 is 10.6 Å². The number of nitrogens with one attached hydrogen (secondary N) is 2. The van der Waals surface area contributed by atoms with Crippen LogP contribution in [0.15, 0.2) is 60.7 Å². The molecule has 0 aliphatic rings. The fourth-order valence-corrected chi connectivity index (χ4v) is 3.97. The van der Waals surface area contributed by atoms with Gasteiger partial charge in [0, 0.05) is 35.3 Å². The smallest absolute Gasteiger partial charge is 0.257 e. The van der Waals surface area contributed by atoms with Gasteiger partial charge in [-0.15, -0.1) is 0 Å². The molecule has 2 amide bonds. The van der Waals surface area contributed by atoms with Crippen molar-refractivity contribution in [3.05, 3.63) is 81.8 Å². The van der Waals surface area contributed by atoms with Crippen LogP contribution in [-0.4, -0.2) is 21.4 Å². The summed E-state index contributed by atoms with van der Waals surface area (Å²) in [6, 6.07) is 18.2. The summed E-state index contributed by atoms with van der Waals surface area (Å²) in [7, 11) is 1.95. The number of benzene rings is 3. The lowest BCUT2D eigenvalue weighted by Gasteiger charge is -2.18. The van der Waals surface area contributed by atoms with Crippen molar-refractivity contribution in [3.8, 4) is 11.4 Å². The molecular weight excluding hydrogens is 483 g/mol. The fourth-order valence-electron chi connectivity index (χ4n) is 3.64. The van der Waals surface area contributed by atoms with E-state index in [0.717, 1.165) is 28.0 Å².